The zero-order valence-corrected chi connectivity index (χ0v) is 18.8. The predicted octanol–water partition coefficient (Wildman–Crippen LogP) is 3.89. The molecule has 7 heteroatoms. The van der Waals surface area contributed by atoms with Crippen molar-refractivity contribution in [1.82, 2.24) is 14.9 Å². The van der Waals surface area contributed by atoms with Gasteiger partial charge in [0.25, 0.3) is 0 Å². The van der Waals surface area contributed by atoms with Crippen molar-refractivity contribution < 1.29 is 9.59 Å². The van der Waals surface area contributed by atoms with Crippen molar-refractivity contribution in [2.75, 3.05) is 17.6 Å². The molecule has 0 saturated carbocycles. The average Bonchev–Trinajstić information content (AvgIpc) is 2.81. The van der Waals surface area contributed by atoms with Crippen LogP contribution >= 0.6 is 0 Å². The Morgan fingerprint density at radius 3 is 2.81 bits per heavy atom. The smallest absolute Gasteiger partial charge is 0.313 e. The molecule has 0 unspecified atom stereocenters. The summed E-state index contributed by atoms with van der Waals surface area (Å²) in [5, 5.41) is 4.83. The number of likely N-dealkylation sites (tertiary alicyclic amines) is 1. The van der Waals surface area contributed by atoms with E-state index in [9.17, 15) is 9.59 Å². The number of hydrogen-bond donors (Lipinski definition) is 2. The molecule has 2 amide bonds. The number of anilines is 2. The third-order valence-electron chi connectivity index (χ3n) is 6.56. The maximum Gasteiger partial charge on any atom is 0.313 e. The molecule has 0 radical (unpaired) electrons. The number of nitrogens with two attached hydrogens (primary N) is 1. The second-order valence-electron chi connectivity index (χ2n) is 8.85. The molecule has 2 atom stereocenters. The maximum atomic E-state index is 13.4. The number of nitrogen functional groups attached to an aromatic ring is 1. The van der Waals surface area contributed by atoms with Crippen molar-refractivity contribution in [3.63, 3.8) is 0 Å². The highest BCUT2D eigenvalue weighted by molar-refractivity contribution is 6.39. The minimum absolute atomic E-state index is 0.314. The Labute approximate surface area is 188 Å². The van der Waals surface area contributed by atoms with Crippen LogP contribution < -0.4 is 11.1 Å². The van der Waals surface area contributed by atoms with Crippen LogP contribution in [0.3, 0.4) is 0 Å². The molecule has 1 aliphatic heterocycles. The van der Waals surface area contributed by atoms with Crippen molar-refractivity contribution in [2.24, 2.45) is 5.92 Å². The van der Waals surface area contributed by atoms with E-state index in [-0.39, 0.29) is 0 Å². The van der Waals surface area contributed by atoms with Gasteiger partial charge in [0.1, 0.15) is 5.82 Å². The van der Waals surface area contributed by atoms with Crippen molar-refractivity contribution >= 4 is 34.1 Å². The first-order valence-electron chi connectivity index (χ1n) is 11.0. The van der Waals surface area contributed by atoms with Gasteiger partial charge < -0.3 is 16.0 Å². The third kappa shape index (κ3) is 4.02. The topological polar surface area (TPSA) is 101 Å². The molecule has 3 N–H and O–H groups in total. The summed E-state index contributed by atoms with van der Waals surface area (Å²) in [5.41, 5.74) is 7.60. The Bertz CT molecular complexity index is 1180. The fourth-order valence-electron chi connectivity index (χ4n) is 4.47. The van der Waals surface area contributed by atoms with Gasteiger partial charge in [-0.05, 0) is 66.8 Å². The largest absolute Gasteiger partial charge is 0.383 e. The Hall–Kier alpha value is -3.48. The van der Waals surface area contributed by atoms with Crippen LogP contribution in [0.15, 0.2) is 48.9 Å². The monoisotopic (exact) mass is 431 g/mol. The lowest BCUT2D eigenvalue weighted by Crippen LogP contribution is -2.55. The zero-order chi connectivity index (χ0) is 22.9. The first-order chi connectivity index (χ1) is 15.3. The van der Waals surface area contributed by atoms with Crippen LogP contribution in [0, 0.1) is 5.92 Å². The number of benzene rings is 1. The number of aryl methyl sites for hydroxylation is 1. The van der Waals surface area contributed by atoms with Gasteiger partial charge in [-0.2, -0.15) is 0 Å². The van der Waals surface area contributed by atoms with Crippen LogP contribution in [0.5, 0.6) is 0 Å². The summed E-state index contributed by atoms with van der Waals surface area (Å²) in [6, 6.07) is 9.89. The second-order valence-corrected chi connectivity index (χ2v) is 8.85. The van der Waals surface area contributed by atoms with E-state index >= 15 is 0 Å². The molecule has 0 aliphatic carbocycles. The molecule has 166 valence electrons. The summed E-state index contributed by atoms with van der Waals surface area (Å²) >= 11 is 0. The van der Waals surface area contributed by atoms with Gasteiger partial charge in [0.05, 0.1) is 17.4 Å². The zero-order valence-electron chi connectivity index (χ0n) is 18.8. The highest BCUT2D eigenvalue weighted by atomic mass is 16.2. The number of fused-ring (bicyclic) bond motifs is 1. The van der Waals surface area contributed by atoms with Gasteiger partial charge in [-0.3, -0.25) is 14.6 Å². The molecule has 0 spiro atoms. The van der Waals surface area contributed by atoms with Crippen molar-refractivity contribution in [3.8, 4) is 0 Å². The van der Waals surface area contributed by atoms with E-state index in [0.29, 0.717) is 30.4 Å². The number of carbonyl (C=O) groups is 2. The SMILES string of the molecule is CCc1cc(NC(=O)C(=O)N2C[C@@H](C)CC[C@@]2(C)c2ccc3cnccc3c2)cnc1N. The highest BCUT2D eigenvalue weighted by Gasteiger charge is 2.43. The third-order valence-corrected chi connectivity index (χ3v) is 6.56. The molecule has 0 bridgehead atoms. The number of pyridine rings is 2. The van der Waals surface area contributed by atoms with Gasteiger partial charge in [0, 0.05) is 24.3 Å². The standard InChI is InChI=1S/C25H29N5O2/c1-4-17-12-21(14-28-22(17)26)29-23(31)24(32)30-15-16(2)7-9-25(30,3)20-6-5-19-13-27-10-8-18(19)11-20/h5-6,8,10-14,16H,4,7,9,15H2,1-3H3,(H2,26,28)(H,29,31)/t16-,25-/m0/s1. The number of amides is 2. The minimum Gasteiger partial charge on any atom is -0.383 e. The quantitative estimate of drug-likeness (QED) is 0.613. The summed E-state index contributed by atoms with van der Waals surface area (Å²) in [6.45, 7) is 6.65. The lowest BCUT2D eigenvalue weighted by atomic mass is 9.78. The van der Waals surface area contributed by atoms with Gasteiger partial charge in [0.15, 0.2) is 0 Å². The molecule has 1 aromatic carbocycles. The fourth-order valence-corrected chi connectivity index (χ4v) is 4.47. The molecule has 2 aromatic heterocycles. The van der Waals surface area contributed by atoms with Crippen molar-refractivity contribution in [2.45, 2.75) is 45.6 Å². The van der Waals surface area contributed by atoms with E-state index in [1.807, 2.05) is 38.2 Å². The molecule has 32 heavy (non-hydrogen) atoms. The first kappa shape index (κ1) is 21.7. The molecule has 4 rings (SSSR count). The number of carbonyl (C=O) groups excluding carboxylic acids is 2. The van der Waals surface area contributed by atoms with Gasteiger partial charge in [-0.1, -0.05) is 26.0 Å². The minimum atomic E-state index is -0.663. The summed E-state index contributed by atoms with van der Waals surface area (Å²) in [4.78, 5) is 36.4. The van der Waals surface area contributed by atoms with Crippen molar-refractivity contribution in [1.29, 1.82) is 0 Å². The van der Waals surface area contributed by atoms with Crippen LogP contribution in [0.1, 0.15) is 44.7 Å². The number of rotatable bonds is 3. The molecule has 1 aliphatic rings. The van der Waals surface area contributed by atoms with Gasteiger partial charge in [-0.15, -0.1) is 0 Å². The Morgan fingerprint density at radius 1 is 1.22 bits per heavy atom. The summed E-state index contributed by atoms with van der Waals surface area (Å²) in [7, 11) is 0. The van der Waals surface area contributed by atoms with Gasteiger partial charge in [0.2, 0.25) is 0 Å². The number of nitrogens with zero attached hydrogens (tertiary/aromatic N) is 3. The van der Waals surface area contributed by atoms with E-state index in [0.717, 1.165) is 34.7 Å². The normalized spacial score (nSPS) is 20.8. The summed E-state index contributed by atoms with van der Waals surface area (Å²) in [5.74, 6) is -0.456. The van der Waals surface area contributed by atoms with Crippen LogP contribution in [0.4, 0.5) is 11.5 Å². The summed E-state index contributed by atoms with van der Waals surface area (Å²) < 4.78 is 0. The van der Waals surface area contributed by atoms with E-state index in [2.05, 4.69) is 28.3 Å². The van der Waals surface area contributed by atoms with Crippen LogP contribution in [-0.4, -0.2) is 33.2 Å². The Balaban J connectivity index is 1.63. The van der Waals surface area contributed by atoms with E-state index in [1.165, 1.54) is 6.20 Å². The van der Waals surface area contributed by atoms with Crippen LogP contribution in [0.2, 0.25) is 0 Å². The maximum absolute atomic E-state index is 13.4. The van der Waals surface area contributed by atoms with E-state index < -0.39 is 17.4 Å². The molecular weight excluding hydrogens is 402 g/mol. The predicted molar refractivity (Wildman–Crippen MR) is 126 cm³/mol. The average molecular weight is 432 g/mol. The van der Waals surface area contributed by atoms with Crippen molar-refractivity contribution in [3.05, 3.63) is 60.0 Å². The number of piperidine rings is 1. The molecule has 3 heterocycles. The second kappa shape index (κ2) is 8.57. The molecule has 1 saturated heterocycles. The Morgan fingerprint density at radius 2 is 2.03 bits per heavy atom. The van der Waals surface area contributed by atoms with Gasteiger partial charge in [-0.25, -0.2) is 4.98 Å². The lowest BCUT2D eigenvalue weighted by Gasteiger charge is -2.47. The fraction of sp³-hybridized carbons (Fsp3) is 0.360. The summed E-state index contributed by atoms with van der Waals surface area (Å²) in [6.07, 6.45) is 7.53. The van der Waals surface area contributed by atoms with Gasteiger partial charge >= 0.3 is 11.8 Å². The molecule has 3 aromatic rings. The lowest BCUT2D eigenvalue weighted by molar-refractivity contribution is -0.150. The van der Waals surface area contributed by atoms with Crippen LogP contribution in [-0.2, 0) is 21.5 Å². The van der Waals surface area contributed by atoms with Crippen LogP contribution in [0.25, 0.3) is 10.8 Å². The molecular formula is C25H29N5O2. The Kier molecular flexibility index (Phi) is 5.82. The highest BCUT2D eigenvalue weighted by Crippen LogP contribution is 2.40. The number of nitrogens with one attached hydrogen (secondary N) is 1. The van der Waals surface area contributed by atoms with E-state index in [1.54, 1.807) is 17.2 Å². The molecule has 7 nitrogen and oxygen atoms in total. The van der Waals surface area contributed by atoms with E-state index in [4.69, 9.17) is 5.73 Å². The first-order valence-corrected chi connectivity index (χ1v) is 11.0. The molecule has 1 fully saturated rings. The number of hydrogen-bond acceptors (Lipinski definition) is 5. The number of aromatic nitrogens is 2.